The molecule has 0 spiro atoms. The lowest BCUT2D eigenvalue weighted by atomic mass is 10.0. The fraction of sp³-hybridized carbons (Fsp3) is 0.111. The van der Waals surface area contributed by atoms with Crippen LogP contribution < -0.4 is 0 Å². The summed E-state index contributed by atoms with van der Waals surface area (Å²) in [5.41, 5.74) is 4.16. The van der Waals surface area contributed by atoms with E-state index in [0.29, 0.717) is 11.3 Å². The molecule has 0 saturated heterocycles. The minimum absolute atomic E-state index is 0.0468. The van der Waals surface area contributed by atoms with E-state index >= 15 is 0 Å². The van der Waals surface area contributed by atoms with Gasteiger partial charge in [0.15, 0.2) is 0 Å². The molecule has 3 aromatic rings. The van der Waals surface area contributed by atoms with Crippen LogP contribution in [0.2, 0.25) is 0 Å². The predicted octanol–water partition coefficient (Wildman–Crippen LogP) is 3.63. The maximum atomic E-state index is 12.7. The second-order valence-corrected chi connectivity index (χ2v) is 5.13. The van der Waals surface area contributed by atoms with Gasteiger partial charge in [-0.15, -0.1) is 0 Å². The van der Waals surface area contributed by atoms with Gasteiger partial charge in [-0.05, 0) is 12.5 Å². The predicted molar refractivity (Wildman–Crippen MR) is 83.3 cm³/mol. The van der Waals surface area contributed by atoms with E-state index < -0.39 is 0 Å². The maximum absolute atomic E-state index is 12.7. The molecule has 0 unspecified atom stereocenters. The molecule has 0 amide bonds. The van der Waals surface area contributed by atoms with E-state index in [0.717, 1.165) is 16.7 Å². The minimum atomic E-state index is -0.0468. The van der Waals surface area contributed by atoms with E-state index in [2.05, 4.69) is 5.10 Å². The summed E-state index contributed by atoms with van der Waals surface area (Å²) >= 11 is 0. The van der Waals surface area contributed by atoms with Gasteiger partial charge in [-0.3, -0.25) is 9.48 Å². The largest absolute Gasteiger partial charge is 0.287 e. The molecule has 0 N–H and O–H groups in total. The smallest absolute Gasteiger partial charge is 0.213 e. The van der Waals surface area contributed by atoms with E-state index in [-0.39, 0.29) is 5.78 Å². The van der Waals surface area contributed by atoms with Crippen LogP contribution in [0.1, 0.15) is 21.6 Å². The summed E-state index contributed by atoms with van der Waals surface area (Å²) in [6.45, 7) is 2.00. The maximum Gasteiger partial charge on any atom is 0.213 e. The van der Waals surface area contributed by atoms with Crippen LogP contribution in [0.4, 0.5) is 0 Å². The Balaban J connectivity index is 2.07. The molecule has 0 atom stereocenters. The second-order valence-electron chi connectivity index (χ2n) is 5.13. The molecular formula is C18H16N2O. The van der Waals surface area contributed by atoms with Crippen LogP contribution in [0, 0.1) is 6.92 Å². The Hall–Kier alpha value is -2.68. The first-order chi connectivity index (χ1) is 10.1. The average Bonchev–Trinajstić information content (AvgIpc) is 2.90. The average molecular weight is 276 g/mol. The molecule has 0 bridgehead atoms. The fourth-order valence-electron chi connectivity index (χ4n) is 2.33. The van der Waals surface area contributed by atoms with Gasteiger partial charge in [-0.2, -0.15) is 5.10 Å². The molecule has 2 aromatic carbocycles. The molecule has 0 aliphatic rings. The number of nitrogens with zero attached hydrogens (tertiary/aromatic N) is 2. The molecule has 0 radical (unpaired) electrons. The van der Waals surface area contributed by atoms with Gasteiger partial charge in [-0.25, -0.2) is 0 Å². The zero-order valence-electron chi connectivity index (χ0n) is 12.1. The van der Waals surface area contributed by atoms with Gasteiger partial charge in [0.25, 0.3) is 0 Å². The van der Waals surface area contributed by atoms with Crippen molar-refractivity contribution in [2.24, 2.45) is 7.05 Å². The van der Waals surface area contributed by atoms with E-state index in [9.17, 15) is 4.79 Å². The van der Waals surface area contributed by atoms with E-state index in [1.807, 2.05) is 74.8 Å². The van der Waals surface area contributed by atoms with Gasteiger partial charge >= 0.3 is 0 Å². The Kier molecular flexibility index (Phi) is 3.40. The van der Waals surface area contributed by atoms with Crippen molar-refractivity contribution in [1.29, 1.82) is 0 Å². The van der Waals surface area contributed by atoms with Crippen LogP contribution in [0.15, 0.2) is 60.8 Å². The number of aryl methyl sites for hydroxylation is 2. The molecule has 0 fully saturated rings. The molecule has 3 rings (SSSR count). The number of carbonyl (C=O) groups is 1. The molecule has 21 heavy (non-hydrogen) atoms. The summed E-state index contributed by atoms with van der Waals surface area (Å²) in [5.74, 6) is -0.0468. The Labute approximate surface area is 123 Å². The lowest BCUT2D eigenvalue weighted by molar-refractivity contribution is 0.103. The number of benzene rings is 2. The summed E-state index contributed by atoms with van der Waals surface area (Å²) in [4.78, 5) is 12.7. The Bertz CT molecular complexity index is 771. The second kappa shape index (κ2) is 5.37. The van der Waals surface area contributed by atoms with Crippen molar-refractivity contribution in [3.05, 3.63) is 77.6 Å². The van der Waals surface area contributed by atoms with Crippen LogP contribution in [-0.4, -0.2) is 15.6 Å². The van der Waals surface area contributed by atoms with Crippen molar-refractivity contribution in [3.8, 4) is 11.1 Å². The molecule has 3 heteroatoms. The van der Waals surface area contributed by atoms with Crippen LogP contribution >= 0.6 is 0 Å². The Morgan fingerprint density at radius 1 is 1.00 bits per heavy atom. The summed E-state index contributed by atoms with van der Waals surface area (Å²) in [5, 5.41) is 4.35. The van der Waals surface area contributed by atoms with Crippen LogP contribution in [-0.2, 0) is 7.05 Å². The summed E-state index contributed by atoms with van der Waals surface area (Å²) < 4.78 is 1.68. The van der Waals surface area contributed by atoms with Crippen molar-refractivity contribution in [3.63, 3.8) is 0 Å². The number of hydrogen-bond donors (Lipinski definition) is 0. The quantitative estimate of drug-likeness (QED) is 0.685. The van der Waals surface area contributed by atoms with Crippen LogP contribution in [0.3, 0.4) is 0 Å². The van der Waals surface area contributed by atoms with E-state index in [1.165, 1.54) is 0 Å². The lowest BCUT2D eigenvalue weighted by Crippen LogP contribution is -2.04. The number of hydrogen-bond acceptors (Lipinski definition) is 2. The van der Waals surface area contributed by atoms with Crippen molar-refractivity contribution >= 4 is 5.78 Å². The van der Waals surface area contributed by atoms with Gasteiger partial charge in [-0.1, -0.05) is 60.2 Å². The summed E-state index contributed by atoms with van der Waals surface area (Å²) in [6.07, 6.45) is 1.89. The zero-order valence-corrected chi connectivity index (χ0v) is 12.1. The third kappa shape index (κ3) is 2.63. The van der Waals surface area contributed by atoms with Crippen LogP contribution in [0.25, 0.3) is 11.1 Å². The van der Waals surface area contributed by atoms with Crippen LogP contribution in [0.5, 0.6) is 0 Å². The first-order valence-electron chi connectivity index (χ1n) is 6.85. The lowest BCUT2D eigenvalue weighted by Gasteiger charge is -2.02. The van der Waals surface area contributed by atoms with Gasteiger partial charge in [0.1, 0.15) is 5.69 Å². The van der Waals surface area contributed by atoms with Gasteiger partial charge in [0.05, 0.1) is 0 Å². The highest BCUT2D eigenvalue weighted by Gasteiger charge is 2.18. The number of aromatic nitrogens is 2. The first kappa shape index (κ1) is 13.3. The number of rotatable bonds is 3. The molecule has 0 saturated carbocycles. The SMILES string of the molecule is Cc1ccc(C(=O)c2nn(C)cc2-c2ccccc2)cc1. The summed E-state index contributed by atoms with van der Waals surface area (Å²) in [7, 11) is 1.83. The zero-order chi connectivity index (χ0) is 14.8. The topological polar surface area (TPSA) is 34.9 Å². The normalized spacial score (nSPS) is 10.6. The Morgan fingerprint density at radius 2 is 1.67 bits per heavy atom. The first-order valence-corrected chi connectivity index (χ1v) is 6.85. The molecular weight excluding hydrogens is 260 g/mol. The molecule has 3 nitrogen and oxygen atoms in total. The molecule has 0 aliphatic heterocycles. The van der Waals surface area contributed by atoms with Crippen molar-refractivity contribution < 1.29 is 4.79 Å². The standard InChI is InChI=1S/C18H16N2O/c1-13-8-10-15(11-9-13)18(21)17-16(12-20(2)19-17)14-6-4-3-5-7-14/h3-12H,1-2H3. The van der Waals surface area contributed by atoms with Crippen molar-refractivity contribution in [2.45, 2.75) is 6.92 Å². The van der Waals surface area contributed by atoms with E-state index in [1.54, 1.807) is 4.68 Å². The number of ketones is 1. The van der Waals surface area contributed by atoms with Gasteiger partial charge in [0, 0.05) is 24.4 Å². The summed E-state index contributed by atoms with van der Waals surface area (Å²) in [6, 6.07) is 17.4. The van der Waals surface area contributed by atoms with E-state index in [4.69, 9.17) is 0 Å². The highest BCUT2D eigenvalue weighted by molar-refractivity contribution is 6.11. The third-order valence-corrected chi connectivity index (χ3v) is 3.44. The highest BCUT2D eigenvalue weighted by atomic mass is 16.1. The molecule has 104 valence electrons. The fourth-order valence-corrected chi connectivity index (χ4v) is 2.33. The Morgan fingerprint density at radius 3 is 2.33 bits per heavy atom. The van der Waals surface area contributed by atoms with Crippen molar-refractivity contribution in [2.75, 3.05) is 0 Å². The molecule has 1 heterocycles. The minimum Gasteiger partial charge on any atom is -0.287 e. The molecule has 0 aliphatic carbocycles. The molecule has 1 aromatic heterocycles. The highest BCUT2D eigenvalue weighted by Crippen LogP contribution is 2.24. The monoisotopic (exact) mass is 276 g/mol. The number of carbonyl (C=O) groups excluding carboxylic acids is 1. The van der Waals surface area contributed by atoms with Crippen molar-refractivity contribution in [1.82, 2.24) is 9.78 Å². The third-order valence-electron chi connectivity index (χ3n) is 3.44. The van der Waals surface area contributed by atoms with Gasteiger partial charge in [0.2, 0.25) is 5.78 Å². The van der Waals surface area contributed by atoms with Gasteiger partial charge < -0.3 is 0 Å².